The molecule has 0 radical (unpaired) electrons. The molecule has 1 aromatic rings. The average Bonchev–Trinajstić information content (AvgIpc) is 2.58. The summed E-state index contributed by atoms with van der Waals surface area (Å²) < 4.78 is 1.03. The van der Waals surface area contributed by atoms with Crippen LogP contribution in [0.3, 0.4) is 0 Å². The van der Waals surface area contributed by atoms with Crippen LogP contribution in [0.1, 0.15) is 19.0 Å². The first kappa shape index (κ1) is 13.3. The lowest BCUT2D eigenvalue weighted by Gasteiger charge is -2.22. The summed E-state index contributed by atoms with van der Waals surface area (Å²) in [5, 5.41) is 0. The molecule has 0 aromatic carbocycles. The topological polar surface area (TPSA) is 36.4 Å². The van der Waals surface area contributed by atoms with E-state index in [-0.39, 0.29) is 5.91 Å². The van der Waals surface area contributed by atoms with Crippen molar-refractivity contribution < 1.29 is 4.79 Å². The molecule has 2 heterocycles. The van der Waals surface area contributed by atoms with E-state index in [1.54, 1.807) is 6.92 Å². The van der Waals surface area contributed by atoms with Crippen molar-refractivity contribution in [3.8, 4) is 0 Å². The lowest BCUT2D eigenvalue weighted by atomic mass is 10.3. The van der Waals surface area contributed by atoms with Crippen LogP contribution >= 0.6 is 15.9 Å². The average molecular weight is 312 g/mol. The Morgan fingerprint density at radius 1 is 1.28 bits per heavy atom. The molecule has 1 saturated heterocycles. The van der Waals surface area contributed by atoms with Crippen LogP contribution in [0.25, 0.3) is 0 Å². The Kier molecular flexibility index (Phi) is 4.22. The van der Waals surface area contributed by atoms with E-state index in [0.717, 1.165) is 48.6 Å². The fourth-order valence-corrected chi connectivity index (χ4v) is 2.39. The third kappa shape index (κ3) is 3.02. The maximum absolute atomic E-state index is 11.4. The van der Waals surface area contributed by atoms with Crippen molar-refractivity contribution >= 4 is 27.7 Å². The third-order valence-corrected chi connectivity index (χ3v) is 4.11. The largest absolute Gasteiger partial charge is 0.355 e. The number of anilines is 1. The molecule has 0 unspecified atom stereocenters. The van der Waals surface area contributed by atoms with Gasteiger partial charge in [-0.3, -0.25) is 4.79 Å². The summed E-state index contributed by atoms with van der Waals surface area (Å²) in [7, 11) is 0. The van der Waals surface area contributed by atoms with Crippen molar-refractivity contribution in [1.82, 2.24) is 9.88 Å². The van der Waals surface area contributed by atoms with Gasteiger partial charge < -0.3 is 9.80 Å². The van der Waals surface area contributed by atoms with Gasteiger partial charge in [0.25, 0.3) is 0 Å². The molecular formula is C13H18BrN3O. The van der Waals surface area contributed by atoms with Gasteiger partial charge in [0, 0.05) is 37.6 Å². The van der Waals surface area contributed by atoms with E-state index in [2.05, 4.69) is 25.8 Å². The summed E-state index contributed by atoms with van der Waals surface area (Å²) in [5.41, 5.74) is 1.00. The number of aryl methyl sites for hydroxylation is 1. The number of carbonyl (C=O) groups is 1. The van der Waals surface area contributed by atoms with Crippen molar-refractivity contribution in [2.24, 2.45) is 0 Å². The number of pyridine rings is 1. The van der Waals surface area contributed by atoms with Crippen LogP contribution in [0.15, 0.2) is 16.6 Å². The first-order valence-corrected chi connectivity index (χ1v) is 7.01. The molecule has 0 spiro atoms. The maximum atomic E-state index is 11.4. The normalized spacial score (nSPS) is 16.6. The monoisotopic (exact) mass is 311 g/mol. The minimum atomic E-state index is 0.164. The highest BCUT2D eigenvalue weighted by Gasteiger charge is 2.17. The van der Waals surface area contributed by atoms with Gasteiger partial charge in [-0.25, -0.2) is 4.98 Å². The molecule has 1 aliphatic rings. The Balaban J connectivity index is 2.09. The summed E-state index contributed by atoms with van der Waals surface area (Å²) in [6, 6.07) is 4.06. The Labute approximate surface area is 116 Å². The number of amides is 1. The Morgan fingerprint density at radius 2 is 2.06 bits per heavy atom. The predicted octanol–water partition coefficient (Wildman–Crippen LogP) is 2.21. The predicted molar refractivity (Wildman–Crippen MR) is 75.8 cm³/mol. The lowest BCUT2D eigenvalue weighted by molar-refractivity contribution is -0.128. The summed E-state index contributed by atoms with van der Waals surface area (Å²) in [6.45, 7) is 7.07. The van der Waals surface area contributed by atoms with E-state index in [0.29, 0.717) is 0 Å². The molecule has 0 bridgehead atoms. The summed E-state index contributed by atoms with van der Waals surface area (Å²) in [4.78, 5) is 20.1. The van der Waals surface area contributed by atoms with E-state index in [1.807, 2.05) is 24.0 Å². The van der Waals surface area contributed by atoms with Crippen molar-refractivity contribution in [2.75, 3.05) is 31.1 Å². The Hall–Kier alpha value is -1.10. The number of hydrogen-bond acceptors (Lipinski definition) is 3. The van der Waals surface area contributed by atoms with Crippen LogP contribution in [0.2, 0.25) is 0 Å². The number of rotatable bonds is 1. The van der Waals surface area contributed by atoms with Crippen molar-refractivity contribution in [3.05, 3.63) is 22.3 Å². The zero-order valence-corrected chi connectivity index (χ0v) is 12.4. The van der Waals surface area contributed by atoms with Crippen molar-refractivity contribution in [1.29, 1.82) is 0 Å². The number of carbonyl (C=O) groups excluding carboxylic acids is 1. The van der Waals surface area contributed by atoms with E-state index < -0.39 is 0 Å². The second-order valence-corrected chi connectivity index (χ2v) is 5.44. The van der Waals surface area contributed by atoms with Gasteiger partial charge in [-0.15, -0.1) is 0 Å². The molecule has 98 valence electrons. The smallest absolute Gasteiger partial charge is 0.219 e. The van der Waals surface area contributed by atoms with E-state index in [9.17, 15) is 4.79 Å². The first-order valence-electron chi connectivity index (χ1n) is 6.21. The van der Waals surface area contributed by atoms with Gasteiger partial charge >= 0.3 is 0 Å². The maximum Gasteiger partial charge on any atom is 0.219 e. The minimum absolute atomic E-state index is 0.164. The Morgan fingerprint density at radius 3 is 2.72 bits per heavy atom. The fraction of sp³-hybridized carbons (Fsp3) is 0.538. The minimum Gasteiger partial charge on any atom is -0.355 e. The lowest BCUT2D eigenvalue weighted by Crippen LogP contribution is -2.33. The third-order valence-electron chi connectivity index (χ3n) is 3.27. The molecule has 1 fully saturated rings. The van der Waals surface area contributed by atoms with E-state index in [4.69, 9.17) is 0 Å². The zero-order chi connectivity index (χ0) is 13.1. The molecule has 0 aliphatic carbocycles. The molecule has 18 heavy (non-hydrogen) atoms. The summed E-state index contributed by atoms with van der Waals surface area (Å²) in [5.74, 6) is 1.16. The van der Waals surface area contributed by atoms with Crippen molar-refractivity contribution in [2.45, 2.75) is 20.3 Å². The highest BCUT2D eigenvalue weighted by Crippen LogP contribution is 2.20. The van der Waals surface area contributed by atoms with Gasteiger partial charge in [0.15, 0.2) is 0 Å². The second kappa shape index (κ2) is 5.69. The van der Waals surface area contributed by atoms with E-state index in [1.165, 1.54) is 0 Å². The number of hydrogen-bond donors (Lipinski definition) is 0. The molecule has 5 heteroatoms. The van der Waals surface area contributed by atoms with Gasteiger partial charge in [0.1, 0.15) is 5.82 Å². The van der Waals surface area contributed by atoms with Gasteiger partial charge in [0.2, 0.25) is 5.91 Å². The van der Waals surface area contributed by atoms with Crippen molar-refractivity contribution in [3.63, 3.8) is 0 Å². The molecule has 0 atom stereocenters. The Bertz CT molecular complexity index is 450. The molecule has 1 aromatic heterocycles. The van der Waals surface area contributed by atoms with Crippen LogP contribution in [-0.4, -0.2) is 42.0 Å². The highest BCUT2D eigenvalue weighted by atomic mass is 79.9. The number of aromatic nitrogens is 1. The first-order chi connectivity index (χ1) is 8.58. The van der Waals surface area contributed by atoms with Crippen LogP contribution in [-0.2, 0) is 4.79 Å². The summed E-state index contributed by atoms with van der Waals surface area (Å²) >= 11 is 3.46. The molecule has 0 N–H and O–H groups in total. The van der Waals surface area contributed by atoms with Gasteiger partial charge in [-0.05, 0) is 41.4 Å². The summed E-state index contributed by atoms with van der Waals surface area (Å²) in [6.07, 6.45) is 0.996. The molecule has 2 rings (SSSR count). The number of halogens is 1. The quantitative estimate of drug-likeness (QED) is 0.798. The van der Waals surface area contributed by atoms with E-state index >= 15 is 0 Å². The molecular weight excluding hydrogens is 294 g/mol. The fourth-order valence-electron chi connectivity index (χ4n) is 2.17. The second-order valence-electron chi connectivity index (χ2n) is 4.58. The van der Waals surface area contributed by atoms with Gasteiger partial charge in [-0.2, -0.15) is 0 Å². The molecule has 1 amide bonds. The standard InChI is InChI=1S/C13H18BrN3O/c1-10-12(14)4-5-13(15-10)17-7-3-6-16(8-9-17)11(2)18/h4-5H,3,6-9H2,1-2H3. The van der Waals surface area contributed by atoms with Gasteiger partial charge in [-0.1, -0.05) is 0 Å². The molecule has 4 nitrogen and oxygen atoms in total. The number of nitrogens with zero attached hydrogens (tertiary/aromatic N) is 3. The zero-order valence-electron chi connectivity index (χ0n) is 10.8. The SMILES string of the molecule is CC(=O)N1CCCN(c2ccc(Br)c(C)n2)CC1. The molecule has 0 saturated carbocycles. The van der Waals surface area contributed by atoms with Crippen LogP contribution in [0, 0.1) is 6.92 Å². The molecule has 1 aliphatic heterocycles. The van der Waals surface area contributed by atoms with Crippen LogP contribution < -0.4 is 4.90 Å². The van der Waals surface area contributed by atoms with Crippen LogP contribution in [0.5, 0.6) is 0 Å². The van der Waals surface area contributed by atoms with Crippen LogP contribution in [0.4, 0.5) is 5.82 Å². The highest BCUT2D eigenvalue weighted by molar-refractivity contribution is 9.10. The van der Waals surface area contributed by atoms with Gasteiger partial charge in [0.05, 0.1) is 5.69 Å².